The van der Waals surface area contributed by atoms with Gasteiger partial charge >= 0.3 is 0 Å². The van der Waals surface area contributed by atoms with E-state index in [1.54, 1.807) is 25.2 Å². The van der Waals surface area contributed by atoms with Crippen LogP contribution in [0.5, 0.6) is 0 Å². The molecule has 0 bridgehead atoms. The molecule has 2 amide bonds. The molecule has 1 saturated heterocycles. The first-order valence-corrected chi connectivity index (χ1v) is 11.4. The summed E-state index contributed by atoms with van der Waals surface area (Å²) in [6.07, 6.45) is 13.0. The maximum atomic E-state index is 12.0. The fourth-order valence-corrected chi connectivity index (χ4v) is 4.74. The van der Waals surface area contributed by atoms with Crippen LogP contribution in [0.15, 0.2) is 12.4 Å². The van der Waals surface area contributed by atoms with Crippen molar-refractivity contribution in [2.75, 3.05) is 39.2 Å². The molecule has 0 aromatic carbocycles. The Labute approximate surface area is 178 Å². The summed E-state index contributed by atoms with van der Waals surface area (Å²) >= 11 is 0. The Hall–Kier alpha value is -1.93. The highest BCUT2D eigenvalue weighted by atomic mass is 16.5. The van der Waals surface area contributed by atoms with E-state index in [4.69, 9.17) is 4.74 Å². The van der Waals surface area contributed by atoms with Gasteiger partial charge in [0.1, 0.15) is 6.61 Å². The molecule has 2 atom stereocenters. The molecule has 2 aliphatic carbocycles. The first-order valence-electron chi connectivity index (χ1n) is 11.4. The number of hydrogen-bond donors (Lipinski definition) is 1. The van der Waals surface area contributed by atoms with E-state index in [2.05, 4.69) is 15.3 Å². The lowest BCUT2D eigenvalue weighted by Gasteiger charge is -2.35. The molecular formula is C22H35N5O3. The highest BCUT2D eigenvalue weighted by Crippen LogP contribution is 2.35. The number of nitrogens with zero attached hydrogens (tertiary/aromatic N) is 4. The van der Waals surface area contributed by atoms with Gasteiger partial charge in [-0.05, 0) is 32.1 Å². The van der Waals surface area contributed by atoms with Crippen molar-refractivity contribution in [3.63, 3.8) is 0 Å². The summed E-state index contributed by atoms with van der Waals surface area (Å²) in [5, 5.41) is 7.54. The molecule has 166 valence electrons. The summed E-state index contributed by atoms with van der Waals surface area (Å²) in [5.74, 6) is 0.298. The Bertz CT molecular complexity index is 739. The number of anilines is 1. The summed E-state index contributed by atoms with van der Waals surface area (Å²) < 4.78 is 7.82. The van der Waals surface area contributed by atoms with Gasteiger partial charge in [0.25, 0.3) is 0 Å². The average Bonchev–Trinajstić information content (AvgIpc) is 3.36. The van der Waals surface area contributed by atoms with Gasteiger partial charge in [0, 0.05) is 44.8 Å². The van der Waals surface area contributed by atoms with Gasteiger partial charge in [0.05, 0.1) is 24.5 Å². The van der Waals surface area contributed by atoms with Crippen molar-refractivity contribution in [2.45, 2.75) is 69.5 Å². The summed E-state index contributed by atoms with van der Waals surface area (Å²) in [7, 11) is 3.51. The molecule has 0 spiro atoms. The number of hydrogen-bond acceptors (Lipinski definition) is 5. The number of ether oxygens (including phenoxy) is 1. The summed E-state index contributed by atoms with van der Waals surface area (Å²) in [6.45, 7) is 1.64. The van der Waals surface area contributed by atoms with Crippen LogP contribution in [0.2, 0.25) is 0 Å². The third-order valence-electron chi connectivity index (χ3n) is 6.70. The normalized spacial score (nSPS) is 25.4. The molecule has 30 heavy (non-hydrogen) atoms. The zero-order chi connectivity index (χ0) is 21.1. The zero-order valence-corrected chi connectivity index (χ0v) is 18.3. The van der Waals surface area contributed by atoms with Crippen molar-refractivity contribution in [1.29, 1.82) is 0 Å². The van der Waals surface area contributed by atoms with Crippen LogP contribution in [0.3, 0.4) is 0 Å². The summed E-state index contributed by atoms with van der Waals surface area (Å²) in [4.78, 5) is 28.1. The van der Waals surface area contributed by atoms with E-state index in [0.29, 0.717) is 18.7 Å². The second-order valence-corrected chi connectivity index (χ2v) is 9.31. The van der Waals surface area contributed by atoms with Gasteiger partial charge in [0.2, 0.25) is 11.8 Å². The van der Waals surface area contributed by atoms with Crippen LogP contribution < -0.4 is 5.32 Å². The Balaban J connectivity index is 1.38. The molecule has 0 radical (unpaired) electrons. The Morgan fingerprint density at radius 3 is 2.63 bits per heavy atom. The van der Waals surface area contributed by atoms with Gasteiger partial charge in [-0.1, -0.05) is 19.3 Å². The highest BCUT2D eigenvalue weighted by molar-refractivity contribution is 5.93. The minimum atomic E-state index is -0.00288. The van der Waals surface area contributed by atoms with Crippen molar-refractivity contribution < 1.29 is 14.3 Å². The van der Waals surface area contributed by atoms with Crippen LogP contribution in [0.1, 0.15) is 57.4 Å². The molecule has 4 rings (SSSR count). The van der Waals surface area contributed by atoms with E-state index in [9.17, 15) is 9.59 Å². The van der Waals surface area contributed by atoms with Gasteiger partial charge < -0.3 is 15.0 Å². The van der Waals surface area contributed by atoms with Crippen LogP contribution in [0.25, 0.3) is 0 Å². The maximum absolute atomic E-state index is 12.0. The first-order chi connectivity index (χ1) is 14.5. The zero-order valence-electron chi connectivity index (χ0n) is 18.3. The minimum Gasteiger partial charge on any atom is -0.370 e. The first kappa shape index (κ1) is 21.3. The molecule has 8 nitrogen and oxygen atoms in total. The van der Waals surface area contributed by atoms with Gasteiger partial charge in [0.15, 0.2) is 0 Å². The Morgan fingerprint density at radius 1 is 1.17 bits per heavy atom. The molecule has 8 heteroatoms. The quantitative estimate of drug-likeness (QED) is 0.702. The fourth-order valence-electron chi connectivity index (χ4n) is 4.74. The van der Waals surface area contributed by atoms with Crippen LogP contribution in [0.4, 0.5) is 5.69 Å². The van der Waals surface area contributed by atoms with Gasteiger partial charge in [-0.3, -0.25) is 19.2 Å². The predicted molar refractivity (Wildman–Crippen MR) is 114 cm³/mol. The second-order valence-electron chi connectivity index (χ2n) is 9.31. The smallest absolute Gasteiger partial charge is 0.248 e. The molecular weight excluding hydrogens is 382 g/mol. The molecule has 1 N–H and O–H groups in total. The van der Waals surface area contributed by atoms with E-state index in [1.807, 2.05) is 10.9 Å². The second kappa shape index (κ2) is 9.47. The lowest BCUT2D eigenvalue weighted by molar-refractivity contribution is -0.134. The Morgan fingerprint density at radius 2 is 1.93 bits per heavy atom. The lowest BCUT2D eigenvalue weighted by Crippen LogP contribution is -2.43. The highest BCUT2D eigenvalue weighted by Gasteiger charge is 2.38. The third kappa shape index (κ3) is 5.21. The van der Waals surface area contributed by atoms with E-state index in [1.165, 1.54) is 32.1 Å². The predicted octanol–water partition coefficient (Wildman–Crippen LogP) is 2.28. The molecule has 2 saturated carbocycles. The van der Waals surface area contributed by atoms with Crippen LogP contribution in [-0.4, -0.2) is 77.3 Å². The molecule has 1 aromatic rings. The number of aromatic nitrogens is 2. The lowest BCUT2D eigenvalue weighted by atomic mass is 9.94. The van der Waals surface area contributed by atoms with E-state index in [0.717, 1.165) is 31.5 Å². The summed E-state index contributed by atoms with van der Waals surface area (Å²) in [6, 6.07) is 1.14. The van der Waals surface area contributed by atoms with E-state index in [-0.39, 0.29) is 30.4 Å². The van der Waals surface area contributed by atoms with Crippen LogP contribution >= 0.6 is 0 Å². The monoisotopic (exact) mass is 417 g/mol. The molecule has 3 fully saturated rings. The molecule has 1 aromatic heterocycles. The van der Waals surface area contributed by atoms with Gasteiger partial charge in [-0.15, -0.1) is 0 Å². The minimum absolute atomic E-state index is 0.00288. The van der Waals surface area contributed by atoms with Gasteiger partial charge in [-0.2, -0.15) is 5.10 Å². The number of carbonyl (C=O) groups excluding carboxylic acids is 2. The SMILES string of the molecule is CN(C)C(=O)COC[C@@H]1C[C@H](n2cc(NC(=O)C3CC3)cn2)CN1C1CCCCC1. The number of likely N-dealkylation sites (N-methyl/N-ethyl adjacent to an activating group) is 1. The van der Waals surface area contributed by atoms with E-state index < -0.39 is 0 Å². The van der Waals surface area contributed by atoms with Crippen molar-refractivity contribution in [2.24, 2.45) is 5.92 Å². The van der Waals surface area contributed by atoms with Crippen molar-refractivity contribution in [1.82, 2.24) is 19.6 Å². The summed E-state index contributed by atoms with van der Waals surface area (Å²) in [5.41, 5.74) is 0.785. The van der Waals surface area contributed by atoms with Crippen molar-refractivity contribution in [3.05, 3.63) is 12.4 Å². The van der Waals surface area contributed by atoms with Crippen LogP contribution in [0, 0.1) is 5.92 Å². The largest absolute Gasteiger partial charge is 0.370 e. The van der Waals surface area contributed by atoms with E-state index >= 15 is 0 Å². The van der Waals surface area contributed by atoms with Gasteiger partial charge in [-0.25, -0.2) is 0 Å². The maximum Gasteiger partial charge on any atom is 0.248 e. The number of amides is 2. The van der Waals surface area contributed by atoms with Crippen LogP contribution in [-0.2, 0) is 14.3 Å². The third-order valence-corrected chi connectivity index (χ3v) is 6.70. The van der Waals surface area contributed by atoms with Crippen molar-refractivity contribution >= 4 is 17.5 Å². The Kier molecular flexibility index (Phi) is 6.73. The number of nitrogens with one attached hydrogen (secondary N) is 1. The van der Waals surface area contributed by atoms with Crippen molar-refractivity contribution in [3.8, 4) is 0 Å². The fraction of sp³-hybridized carbons (Fsp3) is 0.773. The molecule has 3 aliphatic rings. The number of likely N-dealkylation sites (tertiary alicyclic amines) is 1. The number of carbonyl (C=O) groups is 2. The molecule has 0 unspecified atom stereocenters. The number of rotatable bonds is 8. The standard InChI is InChI=1S/C22H35N5O3/c1-25(2)21(28)15-30-14-20-10-19(13-26(20)18-6-4-3-5-7-18)27-12-17(11-23-27)24-22(29)16-8-9-16/h11-12,16,18-20H,3-10,13-15H2,1-2H3,(H,24,29)/t19-,20-/m0/s1. The molecule has 2 heterocycles. The molecule has 1 aliphatic heterocycles. The topological polar surface area (TPSA) is 79.7 Å². The average molecular weight is 418 g/mol.